The number of aryl methyl sites for hydroxylation is 2. The van der Waals surface area contributed by atoms with Crippen molar-refractivity contribution in [2.75, 3.05) is 6.61 Å². The maximum Gasteiger partial charge on any atom is 0.119 e. The van der Waals surface area contributed by atoms with Crippen LogP contribution < -0.4 is 10.5 Å². The zero-order chi connectivity index (χ0) is 12.7. The largest absolute Gasteiger partial charge is 0.494 e. The van der Waals surface area contributed by atoms with Gasteiger partial charge in [-0.15, -0.1) is 0 Å². The fourth-order valence-electron chi connectivity index (χ4n) is 1.74. The zero-order valence-electron chi connectivity index (χ0n) is 10.7. The van der Waals surface area contributed by atoms with Gasteiger partial charge >= 0.3 is 0 Å². The van der Waals surface area contributed by atoms with E-state index in [0.717, 1.165) is 38.0 Å². The molecule has 0 unspecified atom stereocenters. The molecule has 17 heavy (non-hydrogen) atoms. The maximum absolute atomic E-state index is 5.63. The van der Waals surface area contributed by atoms with Crippen molar-refractivity contribution in [3.05, 3.63) is 29.3 Å². The molecule has 0 amide bonds. The van der Waals surface area contributed by atoms with E-state index >= 15 is 0 Å². The number of thiocarbonyl (C=S) groups is 1. The van der Waals surface area contributed by atoms with Crippen LogP contribution in [0.15, 0.2) is 18.2 Å². The van der Waals surface area contributed by atoms with Crippen LogP contribution in [0.25, 0.3) is 0 Å². The monoisotopic (exact) mass is 251 g/mol. The average molecular weight is 251 g/mol. The molecular weight excluding hydrogens is 230 g/mol. The number of hydrogen-bond donors (Lipinski definition) is 1. The summed E-state index contributed by atoms with van der Waals surface area (Å²) in [7, 11) is 0. The Balaban J connectivity index is 2.74. The lowest BCUT2D eigenvalue weighted by atomic mass is 10.0. The van der Waals surface area contributed by atoms with E-state index in [1.807, 2.05) is 6.07 Å². The van der Waals surface area contributed by atoms with Crippen molar-refractivity contribution in [1.29, 1.82) is 0 Å². The van der Waals surface area contributed by atoms with Crippen molar-refractivity contribution in [2.45, 2.75) is 39.5 Å². The zero-order valence-corrected chi connectivity index (χ0v) is 11.5. The lowest BCUT2D eigenvalue weighted by molar-refractivity contribution is 0.317. The second-order valence-electron chi connectivity index (χ2n) is 4.10. The second kappa shape index (κ2) is 7.28. The SMILES string of the molecule is CCCOc1ccc(CCC(N)=S)c(CC)c1. The van der Waals surface area contributed by atoms with Gasteiger partial charge < -0.3 is 10.5 Å². The fraction of sp³-hybridized carbons (Fsp3) is 0.500. The summed E-state index contributed by atoms with van der Waals surface area (Å²) >= 11 is 4.91. The smallest absolute Gasteiger partial charge is 0.119 e. The Bertz CT molecular complexity index is 376. The molecule has 0 atom stereocenters. The first-order valence-corrected chi connectivity index (χ1v) is 6.61. The summed E-state index contributed by atoms with van der Waals surface area (Å²) in [6.07, 6.45) is 3.74. The lowest BCUT2D eigenvalue weighted by Gasteiger charge is -2.11. The Morgan fingerprint density at radius 1 is 1.29 bits per heavy atom. The molecular formula is C14H21NOS. The van der Waals surface area contributed by atoms with Gasteiger partial charge in [-0.1, -0.05) is 32.1 Å². The molecule has 0 radical (unpaired) electrons. The van der Waals surface area contributed by atoms with E-state index in [-0.39, 0.29) is 0 Å². The minimum Gasteiger partial charge on any atom is -0.494 e. The van der Waals surface area contributed by atoms with Crippen molar-refractivity contribution in [2.24, 2.45) is 5.73 Å². The third-order valence-corrected chi connectivity index (χ3v) is 2.88. The normalized spacial score (nSPS) is 10.2. The van der Waals surface area contributed by atoms with Crippen LogP contribution in [0, 0.1) is 0 Å². The van der Waals surface area contributed by atoms with Gasteiger partial charge in [-0.05, 0) is 42.5 Å². The molecule has 2 nitrogen and oxygen atoms in total. The topological polar surface area (TPSA) is 35.2 Å². The lowest BCUT2D eigenvalue weighted by Crippen LogP contribution is -2.09. The molecule has 1 rings (SSSR count). The Hall–Kier alpha value is -1.09. The van der Waals surface area contributed by atoms with Gasteiger partial charge in [-0.3, -0.25) is 0 Å². The fourth-order valence-corrected chi connectivity index (χ4v) is 1.84. The summed E-state index contributed by atoms with van der Waals surface area (Å²) in [5.41, 5.74) is 8.19. The first kappa shape index (κ1) is 14.0. The Kier molecular flexibility index (Phi) is 5.98. The molecule has 0 aliphatic heterocycles. The third kappa shape index (κ3) is 4.73. The number of benzene rings is 1. The molecule has 1 aromatic rings. The molecule has 0 fully saturated rings. The van der Waals surface area contributed by atoms with Gasteiger partial charge in [-0.2, -0.15) is 0 Å². The summed E-state index contributed by atoms with van der Waals surface area (Å²) in [6.45, 7) is 5.04. The van der Waals surface area contributed by atoms with E-state index in [9.17, 15) is 0 Å². The molecule has 0 saturated carbocycles. The molecule has 0 aromatic heterocycles. The van der Waals surface area contributed by atoms with Crippen LogP contribution in [-0.2, 0) is 12.8 Å². The molecule has 0 aliphatic carbocycles. The van der Waals surface area contributed by atoms with E-state index in [0.29, 0.717) is 4.99 Å². The van der Waals surface area contributed by atoms with Crippen LogP contribution in [0.5, 0.6) is 5.75 Å². The van der Waals surface area contributed by atoms with Gasteiger partial charge in [0.05, 0.1) is 11.6 Å². The summed E-state index contributed by atoms with van der Waals surface area (Å²) in [4.78, 5) is 0.582. The molecule has 0 bridgehead atoms. The summed E-state index contributed by atoms with van der Waals surface area (Å²) in [5.74, 6) is 0.961. The van der Waals surface area contributed by atoms with Gasteiger partial charge in [0.25, 0.3) is 0 Å². The number of rotatable bonds is 7. The van der Waals surface area contributed by atoms with Crippen molar-refractivity contribution in [1.82, 2.24) is 0 Å². The molecule has 3 heteroatoms. The van der Waals surface area contributed by atoms with E-state index in [2.05, 4.69) is 26.0 Å². The van der Waals surface area contributed by atoms with Crippen LogP contribution in [0.4, 0.5) is 0 Å². The van der Waals surface area contributed by atoms with Gasteiger partial charge in [0, 0.05) is 6.42 Å². The minimum absolute atomic E-state index is 0.582. The van der Waals surface area contributed by atoms with Crippen LogP contribution in [0.1, 0.15) is 37.8 Å². The van der Waals surface area contributed by atoms with Crippen molar-refractivity contribution >= 4 is 17.2 Å². The predicted octanol–water partition coefficient (Wildman–Crippen LogP) is 3.26. The predicted molar refractivity (Wildman–Crippen MR) is 76.7 cm³/mol. The summed E-state index contributed by atoms with van der Waals surface area (Å²) in [6, 6.07) is 6.29. The van der Waals surface area contributed by atoms with Crippen LogP contribution in [-0.4, -0.2) is 11.6 Å². The van der Waals surface area contributed by atoms with Crippen LogP contribution in [0.3, 0.4) is 0 Å². The molecule has 1 aromatic carbocycles. The van der Waals surface area contributed by atoms with Gasteiger partial charge in [0.2, 0.25) is 0 Å². The molecule has 0 heterocycles. The van der Waals surface area contributed by atoms with Crippen LogP contribution >= 0.6 is 12.2 Å². The van der Waals surface area contributed by atoms with Crippen molar-refractivity contribution in [3.63, 3.8) is 0 Å². The molecule has 2 N–H and O–H groups in total. The quantitative estimate of drug-likeness (QED) is 0.755. The summed E-state index contributed by atoms with van der Waals surface area (Å²) in [5, 5.41) is 0. The maximum atomic E-state index is 5.63. The standard InChI is InChI=1S/C14H21NOS/c1-3-9-16-13-7-5-12(6-8-14(15)17)11(4-2)10-13/h5,7,10H,3-4,6,8-9H2,1-2H3,(H2,15,17). The van der Waals surface area contributed by atoms with E-state index in [4.69, 9.17) is 22.7 Å². The first-order valence-electron chi connectivity index (χ1n) is 6.20. The van der Waals surface area contributed by atoms with Gasteiger partial charge in [-0.25, -0.2) is 0 Å². The van der Waals surface area contributed by atoms with E-state index in [1.165, 1.54) is 11.1 Å². The van der Waals surface area contributed by atoms with Gasteiger partial charge in [0.15, 0.2) is 0 Å². The van der Waals surface area contributed by atoms with Crippen LogP contribution in [0.2, 0.25) is 0 Å². The highest BCUT2D eigenvalue weighted by Crippen LogP contribution is 2.20. The molecule has 0 saturated heterocycles. The second-order valence-corrected chi connectivity index (χ2v) is 4.62. The van der Waals surface area contributed by atoms with Crippen molar-refractivity contribution < 1.29 is 4.74 Å². The third-order valence-electron chi connectivity index (χ3n) is 2.67. The molecule has 94 valence electrons. The number of nitrogens with two attached hydrogens (primary N) is 1. The minimum atomic E-state index is 0.582. The Morgan fingerprint density at radius 3 is 2.65 bits per heavy atom. The van der Waals surface area contributed by atoms with Gasteiger partial charge in [0.1, 0.15) is 5.75 Å². The summed E-state index contributed by atoms with van der Waals surface area (Å²) < 4.78 is 5.63. The average Bonchev–Trinajstić information content (AvgIpc) is 2.34. The van der Waals surface area contributed by atoms with E-state index < -0.39 is 0 Å². The number of hydrogen-bond acceptors (Lipinski definition) is 2. The highest BCUT2D eigenvalue weighted by molar-refractivity contribution is 7.80. The molecule has 0 aliphatic rings. The van der Waals surface area contributed by atoms with Crippen molar-refractivity contribution in [3.8, 4) is 5.75 Å². The number of ether oxygens (including phenoxy) is 1. The highest BCUT2D eigenvalue weighted by Gasteiger charge is 2.04. The Labute approximate surface area is 109 Å². The Morgan fingerprint density at radius 2 is 2.06 bits per heavy atom. The van der Waals surface area contributed by atoms with E-state index in [1.54, 1.807) is 0 Å². The molecule has 0 spiro atoms. The highest BCUT2D eigenvalue weighted by atomic mass is 32.1. The first-order chi connectivity index (χ1) is 8.17.